The van der Waals surface area contributed by atoms with Crippen molar-refractivity contribution in [3.63, 3.8) is 0 Å². The number of nitrogens with one attached hydrogen (secondary N) is 2. The maximum absolute atomic E-state index is 13.6. The molecule has 0 bridgehead atoms. The first-order valence-electron chi connectivity index (χ1n) is 12.2. The molecule has 0 aliphatic heterocycles. The molecule has 0 fully saturated rings. The van der Waals surface area contributed by atoms with Crippen LogP contribution in [0.25, 0.3) is 0 Å². The maximum Gasteiger partial charge on any atom is 0.408 e. The normalized spacial score (nSPS) is 11.9. The molecule has 0 aliphatic rings. The summed E-state index contributed by atoms with van der Waals surface area (Å²) in [4.78, 5) is 40.7. The van der Waals surface area contributed by atoms with Crippen molar-refractivity contribution in [2.75, 3.05) is 13.1 Å². The molecule has 0 aromatic heterocycles. The Hall–Kier alpha value is -3.35. The monoisotopic (exact) mass is 481 g/mol. The second kappa shape index (κ2) is 12.9. The first kappa shape index (κ1) is 27.9. The van der Waals surface area contributed by atoms with Crippen LogP contribution in [0.5, 0.6) is 0 Å². The Bertz CT molecular complexity index is 999. The molecule has 0 aliphatic carbocycles. The smallest absolute Gasteiger partial charge is 0.408 e. The van der Waals surface area contributed by atoms with Crippen molar-refractivity contribution in [3.05, 3.63) is 70.8 Å². The van der Waals surface area contributed by atoms with Gasteiger partial charge in [0.25, 0.3) is 0 Å². The van der Waals surface area contributed by atoms with Crippen molar-refractivity contribution in [1.29, 1.82) is 0 Å². The third-order valence-electron chi connectivity index (χ3n) is 5.45. The predicted molar refractivity (Wildman–Crippen MR) is 138 cm³/mol. The van der Waals surface area contributed by atoms with Gasteiger partial charge in [-0.2, -0.15) is 0 Å². The zero-order chi connectivity index (χ0) is 26.0. The molecule has 0 saturated carbocycles. The highest BCUT2D eigenvalue weighted by Gasteiger charge is 2.32. The van der Waals surface area contributed by atoms with E-state index in [1.54, 1.807) is 25.7 Å². The van der Waals surface area contributed by atoms with E-state index in [2.05, 4.69) is 10.6 Å². The van der Waals surface area contributed by atoms with Crippen LogP contribution in [0.15, 0.2) is 48.5 Å². The third-order valence-corrected chi connectivity index (χ3v) is 5.45. The summed E-state index contributed by atoms with van der Waals surface area (Å²) in [5, 5.41) is 5.55. The van der Waals surface area contributed by atoms with Gasteiger partial charge in [-0.3, -0.25) is 9.59 Å². The fourth-order valence-electron chi connectivity index (χ4n) is 3.68. The Morgan fingerprint density at radius 2 is 1.69 bits per heavy atom. The van der Waals surface area contributed by atoms with E-state index < -0.39 is 17.7 Å². The lowest BCUT2D eigenvalue weighted by atomic mass is 9.96. The van der Waals surface area contributed by atoms with Crippen LogP contribution in [0, 0.1) is 13.8 Å². The number of carbonyl (C=O) groups excluding carboxylic acids is 3. The molecule has 2 rings (SSSR count). The van der Waals surface area contributed by atoms with Crippen LogP contribution in [0.3, 0.4) is 0 Å². The van der Waals surface area contributed by atoms with Crippen LogP contribution in [0.1, 0.15) is 68.8 Å². The van der Waals surface area contributed by atoms with Gasteiger partial charge in [0, 0.05) is 13.1 Å². The van der Waals surface area contributed by atoms with Gasteiger partial charge in [0.2, 0.25) is 11.8 Å². The molecule has 7 heteroatoms. The average molecular weight is 482 g/mol. The van der Waals surface area contributed by atoms with Gasteiger partial charge in [-0.25, -0.2) is 4.79 Å². The van der Waals surface area contributed by atoms with Crippen molar-refractivity contribution >= 4 is 17.9 Å². The number of benzene rings is 2. The van der Waals surface area contributed by atoms with E-state index in [4.69, 9.17) is 4.74 Å². The number of ether oxygens (including phenoxy) is 1. The third kappa shape index (κ3) is 9.08. The zero-order valence-corrected chi connectivity index (χ0v) is 21.8. The topological polar surface area (TPSA) is 87.7 Å². The van der Waals surface area contributed by atoms with Crippen LogP contribution in [0.2, 0.25) is 0 Å². The van der Waals surface area contributed by atoms with Crippen molar-refractivity contribution in [3.8, 4) is 0 Å². The van der Waals surface area contributed by atoms with Gasteiger partial charge < -0.3 is 20.3 Å². The number of aryl methyl sites for hydroxylation is 2. The second-order valence-corrected chi connectivity index (χ2v) is 9.76. The van der Waals surface area contributed by atoms with Crippen LogP contribution >= 0.6 is 0 Å². The molecule has 2 aromatic rings. The van der Waals surface area contributed by atoms with E-state index in [-0.39, 0.29) is 18.4 Å². The van der Waals surface area contributed by atoms with Crippen LogP contribution in [-0.2, 0) is 20.9 Å². The minimum Gasteiger partial charge on any atom is -0.444 e. The van der Waals surface area contributed by atoms with Gasteiger partial charge in [0.15, 0.2) is 0 Å². The lowest BCUT2D eigenvalue weighted by molar-refractivity contribution is -0.140. The van der Waals surface area contributed by atoms with Gasteiger partial charge in [-0.05, 0) is 57.7 Å². The van der Waals surface area contributed by atoms with E-state index in [0.29, 0.717) is 13.1 Å². The van der Waals surface area contributed by atoms with Crippen molar-refractivity contribution in [1.82, 2.24) is 15.5 Å². The quantitative estimate of drug-likeness (QED) is 0.510. The van der Waals surface area contributed by atoms with Gasteiger partial charge in [0.05, 0.1) is 0 Å². The number of unbranched alkanes of at least 4 members (excludes halogenated alkanes) is 1. The van der Waals surface area contributed by atoms with Crippen molar-refractivity contribution in [2.45, 2.75) is 72.6 Å². The Balaban J connectivity index is 2.33. The second-order valence-electron chi connectivity index (χ2n) is 9.76. The summed E-state index contributed by atoms with van der Waals surface area (Å²) >= 11 is 0. The molecule has 0 radical (unpaired) electrons. The predicted octanol–water partition coefficient (Wildman–Crippen LogP) is 4.81. The fraction of sp³-hybridized carbons (Fsp3) is 0.464. The van der Waals surface area contributed by atoms with E-state index in [0.717, 1.165) is 35.1 Å². The van der Waals surface area contributed by atoms with Crippen LogP contribution in [-0.4, -0.2) is 41.5 Å². The van der Waals surface area contributed by atoms with Crippen molar-refractivity contribution in [2.24, 2.45) is 0 Å². The summed E-state index contributed by atoms with van der Waals surface area (Å²) in [5.41, 5.74) is 3.00. The Morgan fingerprint density at radius 1 is 1.00 bits per heavy atom. The molecule has 0 saturated heterocycles. The van der Waals surface area contributed by atoms with Gasteiger partial charge >= 0.3 is 6.09 Å². The Morgan fingerprint density at radius 3 is 2.31 bits per heavy atom. The molecular weight excluding hydrogens is 442 g/mol. The summed E-state index contributed by atoms with van der Waals surface area (Å²) in [7, 11) is 0. The molecule has 2 N–H and O–H groups in total. The highest BCUT2D eigenvalue weighted by atomic mass is 16.6. The van der Waals surface area contributed by atoms with Crippen LogP contribution < -0.4 is 10.6 Å². The molecule has 3 amide bonds. The SMILES string of the molecule is CCCCN(C(=O)CNC(=O)OC(C)(C)C)C(C(=O)NCc1ccccc1)c1cc(C)ccc1C. The molecular formula is C28H39N3O4. The molecule has 35 heavy (non-hydrogen) atoms. The van der Waals surface area contributed by atoms with Gasteiger partial charge in [-0.1, -0.05) is 67.4 Å². The fourth-order valence-corrected chi connectivity index (χ4v) is 3.68. The van der Waals surface area contributed by atoms with E-state index in [1.165, 1.54) is 0 Å². The summed E-state index contributed by atoms with van der Waals surface area (Å²) in [6, 6.07) is 14.7. The maximum atomic E-state index is 13.6. The van der Waals surface area contributed by atoms with Gasteiger partial charge in [-0.15, -0.1) is 0 Å². The lowest BCUT2D eigenvalue weighted by Crippen LogP contribution is -2.48. The van der Waals surface area contributed by atoms with Crippen LogP contribution in [0.4, 0.5) is 4.79 Å². The summed E-state index contributed by atoms with van der Waals surface area (Å²) in [6.45, 7) is 11.7. The highest BCUT2D eigenvalue weighted by Crippen LogP contribution is 2.26. The number of carbonyl (C=O) groups is 3. The van der Waals surface area contributed by atoms with Crippen molar-refractivity contribution < 1.29 is 19.1 Å². The average Bonchev–Trinajstić information content (AvgIpc) is 2.80. The lowest BCUT2D eigenvalue weighted by Gasteiger charge is -2.32. The standard InChI is InChI=1S/C28H39N3O4/c1-7-8-16-31(24(32)19-30-27(34)35-28(4,5)6)25(23-17-20(2)14-15-21(23)3)26(33)29-18-22-12-10-9-11-13-22/h9-15,17,25H,7-8,16,18-19H2,1-6H3,(H,29,33)(H,30,34). The first-order valence-corrected chi connectivity index (χ1v) is 12.2. The Labute approximate surface area is 209 Å². The molecule has 1 unspecified atom stereocenters. The number of nitrogens with zero attached hydrogens (tertiary/aromatic N) is 1. The summed E-state index contributed by atoms with van der Waals surface area (Å²) < 4.78 is 5.26. The number of alkyl carbamates (subject to hydrolysis) is 1. The van der Waals surface area contributed by atoms with E-state index >= 15 is 0 Å². The number of hydrogen-bond donors (Lipinski definition) is 2. The zero-order valence-electron chi connectivity index (χ0n) is 21.8. The molecule has 2 aromatic carbocycles. The minimum atomic E-state index is -0.821. The van der Waals surface area contributed by atoms with E-state index in [9.17, 15) is 14.4 Å². The summed E-state index contributed by atoms with van der Waals surface area (Å²) in [6.07, 6.45) is 0.915. The minimum absolute atomic E-state index is 0.258. The molecule has 7 nitrogen and oxygen atoms in total. The first-order chi connectivity index (χ1) is 16.5. The molecule has 190 valence electrons. The van der Waals surface area contributed by atoms with Gasteiger partial charge in [0.1, 0.15) is 18.2 Å². The molecule has 0 spiro atoms. The number of hydrogen-bond acceptors (Lipinski definition) is 4. The molecule has 1 atom stereocenters. The number of rotatable bonds is 10. The molecule has 0 heterocycles. The largest absolute Gasteiger partial charge is 0.444 e. The number of amides is 3. The van der Waals surface area contributed by atoms with E-state index in [1.807, 2.05) is 69.3 Å². The highest BCUT2D eigenvalue weighted by molar-refractivity contribution is 5.90. The summed E-state index contributed by atoms with van der Waals surface area (Å²) in [5.74, 6) is -0.602. The Kier molecular flexibility index (Phi) is 10.3.